The van der Waals surface area contributed by atoms with E-state index in [1.165, 1.54) is 16.7 Å². The highest BCUT2D eigenvalue weighted by Crippen LogP contribution is 2.37. The Kier molecular flexibility index (Phi) is 8.51. The van der Waals surface area contributed by atoms with Crippen LogP contribution in [0.2, 0.25) is 0 Å². The van der Waals surface area contributed by atoms with E-state index in [-0.39, 0.29) is 37.4 Å². The summed E-state index contributed by atoms with van der Waals surface area (Å²) in [7, 11) is 1.59. The number of carbonyl (C=O) groups excluding carboxylic acids is 3. The molecule has 0 unspecified atom stereocenters. The molecular weight excluding hydrogens is 582 g/mol. The van der Waals surface area contributed by atoms with Gasteiger partial charge in [0.2, 0.25) is 18.6 Å². The molecule has 44 heavy (non-hydrogen) atoms. The molecule has 0 saturated carbocycles. The van der Waals surface area contributed by atoms with Crippen molar-refractivity contribution in [3.8, 4) is 17.2 Å². The van der Waals surface area contributed by atoms with Gasteiger partial charge in [-0.3, -0.25) is 19.4 Å². The summed E-state index contributed by atoms with van der Waals surface area (Å²) in [6.07, 6.45) is 0.845. The Balaban J connectivity index is 1.14. The average Bonchev–Trinajstić information content (AvgIpc) is 3.65. The van der Waals surface area contributed by atoms with Gasteiger partial charge in [-0.1, -0.05) is 49.0 Å². The molecule has 0 aromatic heterocycles. The second kappa shape index (κ2) is 12.8. The van der Waals surface area contributed by atoms with Crippen molar-refractivity contribution in [2.75, 3.05) is 19.2 Å². The van der Waals surface area contributed by atoms with E-state index in [0.717, 1.165) is 11.1 Å². The van der Waals surface area contributed by atoms with Gasteiger partial charge < -0.3 is 24.8 Å². The number of rotatable bonds is 10. The van der Waals surface area contributed by atoms with Crippen LogP contribution in [-0.4, -0.2) is 58.8 Å². The number of aliphatic imine (C=N–C) groups is 2. The summed E-state index contributed by atoms with van der Waals surface area (Å²) in [4.78, 5) is 50.8. The van der Waals surface area contributed by atoms with Gasteiger partial charge in [0.15, 0.2) is 16.7 Å². The molecule has 11 nitrogen and oxygen atoms in total. The molecule has 0 saturated heterocycles. The van der Waals surface area contributed by atoms with Crippen molar-refractivity contribution in [1.29, 1.82) is 0 Å². The SMILES string of the molecule is CC[C@@H](SC1=Nc2ccccc2C2=N[C@@H](CCC(=O)NCc3ccccc3OC)C(=O)N12)C(=O)Nc1ccc2c(c1)OCO2. The number of nitrogens with one attached hydrogen (secondary N) is 2. The Labute approximate surface area is 258 Å². The van der Waals surface area contributed by atoms with Crippen molar-refractivity contribution < 1.29 is 28.6 Å². The molecule has 0 bridgehead atoms. The first kappa shape index (κ1) is 29.2. The van der Waals surface area contributed by atoms with Crippen molar-refractivity contribution in [3.05, 3.63) is 77.9 Å². The molecule has 3 heterocycles. The molecule has 3 amide bonds. The van der Waals surface area contributed by atoms with E-state index >= 15 is 0 Å². The minimum atomic E-state index is -0.749. The summed E-state index contributed by atoms with van der Waals surface area (Å²) in [5, 5.41) is 5.67. The van der Waals surface area contributed by atoms with Crippen molar-refractivity contribution >= 4 is 51.9 Å². The zero-order chi connectivity index (χ0) is 30.6. The predicted molar refractivity (Wildman–Crippen MR) is 168 cm³/mol. The first-order valence-corrected chi connectivity index (χ1v) is 15.2. The smallest absolute Gasteiger partial charge is 0.259 e. The number of anilines is 1. The third-order valence-corrected chi connectivity index (χ3v) is 8.73. The van der Waals surface area contributed by atoms with E-state index in [1.54, 1.807) is 25.3 Å². The molecule has 6 rings (SSSR count). The van der Waals surface area contributed by atoms with Crippen LogP contribution < -0.4 is 24.8 Å². The highest BCUT2D eigenvalue weighted by Gasteiger charge is 2.42. The summed E-state index contributed by atoms with van der Waals surface area (Å²) in [5.41, 5.74) is 2.84. The van der Waals surface area contributed by atoms with E-state index in [4.69, 9.17) is 24.2 Å². The Bertz CT molecular complexity index is 1670. The molecule has 3 aromatic rings. The summed E-state index contributed by atoms with van der Waals surface area (Å²) >= 11 is 1.21. The minimum Gasteiger partial charge on any atom is -0.496 e. The third-order valence-electron chi connectivity index (χ3n) is 7.41. The fourth-order valence-electron chi connectivity index (χ4n) is 5.11. The van der Waals surface area contributed by atoms with Crippen LogP contribution in [0.4, 0.5) is 11.4 Å². The summed E-state index contributed by atoms with van der Waals surface area (Å²) in [6.45, 7) is 2.36. The first-order valence-electron chi connectivity index (χ1n) is 14.3. The quantitative estimate of drug-likeness (QED) is 0.341. The van der Waals surface area contributed by atoms with Crippen LogP contribution in [0.3, 0.4) is 0 Å². The average molecular weight is 614 g/mol. The molecule has 0 aliphatic carbocycles. The highest BCUT2D eigenvalue weighted by atomic mass is 32.2. The molecule has 3 aliphatic rings. The van der Waals surface area contributed by atoms with Crippen LogP contribution in [0.1, 0.15) is 37.3 Å². The van der Waals surface area contributed by atoms with Crippen molar-refractivity contribution in [2.45, 2.75) is 44.0 Å². The lowest BCUT2D eigenvalue weighted by Crippen LogP contribution is -2.42. The van der Waals surface area contributed by atoms with Gasteiger partial charge in [-0.25, -0.2) is 9.89 Å². The summed E-state index contributed by atoms with van der Waals surface area (Å²) in [6, 6.07) is 19.4. The van der Waals surface area contributed by atoms with Gasteiger partial charge >= 0.3 is 0 Å². The van der Waals surface area contributed by atoms with Crippen LogP contribution in [0.5, 0.6) is 17.2 Å². The molecule has 2 N–H and O–H groups in total. The molecule has 0 radical (unpaired) electrons. The molecule has 226 valence electrons. The van der Waals surface area contributed by atoms with Crippen LogP contribution >= 0.6 is 11.8 Å². The molecule has 3 aromatic carbocycles. The zero-order valence-corrected chi connectivity index (χ0v) is 25.1. The second-order valence-corrected chi connectivity index (χ2v) is 11.4. The lowest BCUT2D eigenvalue weighted by Gasteiger charge is -2.27. The van der Waals surface area contributed by atoms with E-state index in [0.29, 0.717) is 52.6 Å². The summed E-state index contributed by atoms with van der Waals surface area (Å²) in [5.74, 6) is 1.68. The maximum atomic E-state index is 13.7. The first-order chi connectivity index (χ1) is 21.4. The highest BCUT2D eigenvalue weighted by molar-refractivity contribution is 8.15. The van der Waals surface area contributed by atoms with Gasteiger partial charge in [0.05, 0.1) is 18.0 Å². The minimum absolute atomic E-state index is 0.118. The van der Waals surface area contributed by atoms with E-state index in [2.05, 4.69) is 10.6 Å². The van der Waals surface area contributed by atoms with Gasteiger partial charge in [0.25, 0.3) is 5.91 Å². The van der Waals surface area contributed by atoms with Crippen molar-refractivity contribution in [1.82, 2.24) is 10.2 Å². The van der Waals surface area contributed by atoms with Crippen LogP contribution in [-0.2, 0) is 20.9 Å². The number of fused-ring (bicyclic) bond motifs is 4. The predicted octanol–water partition coefficient (Wildman–Crippen LogP) is 4.63. The number of amides is 3. The molecule has 12 heteroatoms. The number of ether oxygens (including phenoxy) is 3. The Morgan fingerprint density at radius 3 is 2.73 bits per heavy atom. The second-order valence-electron chi connectivity index (χ2n) is 10.3. The number of benzene rings is 3. The largest absolute Gasteiger partial charge is 0.496 e. The van der Waals surface area contributed by atoms with E-state index in [9.17, 15) is 14.4 Å². The van der Waals surface area contributed by atoms with Crippen LogP contribution in [0.25, 0.3) is 0 Å². The molecule has 3 aliphatic heterocycles. The van der Waals surface area contributed by atoms with Gasteiger partial charge in [0.1, 0.15) is 17.6 Å². The number of carbonyl (C=O) groups is 3. The number of methoxy groups -OCH3 is 1. The van der Waals surface area contributed by atoms with E-state index in [1.807, 2.05) is 55.5 Å². The molecule has 2 atom stereocenters. The van der Waals surface area contributed by atoms with Crippen LogP contribution in [0, 0.1) is 0 Å². The van der Waals surface area contributed by atoms with Gasteiger partial charge in [-0.2, -0.15) is 0 Å². The Morgan fingerprint density at radius 2 is 1.89 bits per heavy atom. The number of hydrogen-bond donors (Lipinski definition) is 2. The van der Waals surface area contributed by atoms with Gasteiger partial charge in [0, 0.05) is 35.8 Å². The fourth-order valence-corrected chi connectivity index (χ4v) is 6.13. The van der Waals surface area contributed by atoms with Crippen molar-refractivity contribution in [2.24, 2.45) is 9.98 Å². The molecule has 0 spiro atoms. The Morgan fingerprint density at radius 1 is 1.09 bits per heavy atom. The zero-order valence-electron chi connectivity index (χ0n) is 24.2. The normalized spacial score (nSPS) is 16.8. The number of thioether (sulfide) groups is 1. The van der Waals surface area contributed by atoms with Gasteiger partial charge in [-0.15, -0.1) is 0 Å². The number of hydrogen-bond acceptors (Lipinski definition) is 9. The third kappa shape index (κ3) is 5.98. The van der Waals surface area contributed by atoms with Crippen molar-refractivity contribution in [3.63, 3.8) is 0 Å². The topological polar surface area (TPSA) is 131 Å². The molecule has 0 fully saturated rings. The summed E-state index contributed by atoms with van der Waals surface area (Å²) < 4.78 is 16.1. The number of nitrogens with zero attached hydrogens (tertiary/aromatic N) is 3. The van der Waals surface area contributed by atoms with E-state index < -0.39 is 11.3 Å². The lowest BCUT2D eigenvalue weighted by molar-refractivity contribution is -0.125. The standard InChI is InChI=1S/C32H31N5O6S/c1-3-27(30(39)34-20-12-14-25-26(16-20)43-18-42-25)44-32-36-22-10-6-5-9-21(22)29-35-23(31(40)37(29)32)13-15-28(38)33-17-19-8-4-7-11-24(19)41-2/h4-12,14,16,23,27H,3,13,15,17-18H2,1-2H3,(H,33,38)(H,34,39)/t23-,27+/m0/s1. The maximum absolute atomic E-state index is 13.7. The number of para-hydroxylation sites is 2. The van der Waals surface area contributed by atoms with Crippen LogP contribution in [0.15, 0.2) is 76.7 Å². The molecular formula is C32H31N5O6S. The van der Waals surface area contributed by atoms with Gasteiger partial charge in [-0.05, 0) is 43.2 Å². The lowest BCUT2D eigenvalue weighted by atomic mass is 10.1. The maximum Gasteiger partial charge on any atom is 0.259 e. The number of amidine groups is 2. The monoisotopic (exact) mass is 613 g/mol. The fraction of sp³-hybridized carbons (Fsp3) is 0.281. The Hall–Kier alpha value is -4.84.